The Hall–Kier alpha value is -1.71. The van der Waals surface area contributed by atoms with E-state index in [4.69, 9.17) is 5.73 Å². The van der Waals surface area contributed by atoms with Gasteiger partial charge >= 0.3 is 0 Å². The first kappa shape index (κ1) is 13.3. The van der Waals surface area contributed by atoms with Crippen LogP contribution in [0, 0.1) is 0 Å². The van der Waals surface area contributed by atoms with Crippen molar-refractivity contribution in [3.63, 3.8) is 0 Å². The molecule has 0 amide bonds. The Morgan fingerprint density at radius 3 is 2.95 bits per heavy atom. The van der Waals surface area contributed by atoms with Crippen LogP contribution < -0.4 is 5.73 Å². The molecule has 0 aliphatic rings. The van der Waals surface area contributed by atoms with Gasteiger partial charge in [-0.05, 0) is 35.6 Å². The van der Waals surface area contributed by atoms with Crippen molar-refractivity contribution in [2.45, 2.75) is 25.8 Å². The van der Waals surface area contributed by atoms with Gasteiger partial charge in [0, 0.05) is 33.6 Å². The molecule has 3 heteroatoms. The van der Waals surface area contributed by atoms with Crippen LogP contribution in [0.15, 0.2) is 48.8 Å². The Labute approximate surface area is 123 Å². The molecule has 102 valence electrons. The van der Waals surface area contributed by atoms with Gasteiger partial charge in [0.05, 0.1) is 0 Å². The van der Waals surface area contributed by atoms with Gasteiger partial charge in [0.1, 0.15) is 0 Å². The predicted octanol–water partition coefficient (Wildman–Crippen LogP) is 4.76. The molecule has 0 radical (unpaired) electrons. The summed E-state index contributed by atoms with van der Waals surface area (Å²) in [5.74, 6) is 0. The van der Waals surface area contributed by atoms with Crippen LogP contribution >= 0.6 is 11.3 Å². The third kappa shape index (κ3) is 2.47. The molecule has 0 saturated carbocycles. The van der Waals surface area contributed by atoms with Crippen molar-refractivity contribution in [3.05, 3.63) is 53.7 Å². The number of thiophene rings is 1. The van der Waals surface area contributed by atoms with Gasteiger partial charge in [-0.25, -0.2) is 0 Å². The Morgan fingerprint density at radius 2 is 2.10 bits per heavy atom. The standard InChI is InChI=1S/C17H18N2S/c1-2-4-15(18)17-8-7-16(20-17)14-6-3-5-12-11-19-10-9-13(12)14/h3,5-11,15H,2,4,18H2,1H3. The number of hydrogen-bond acceptors (Lipinski definition) is 3. The maximum Gasteiger partial charge on any atom is 0.0389 e. The van der Waals surface area contributed by atoms with Gasteiger partial charge in [0.25, 0.3) is 0 Å². The molecule has 2 aromatic heterocycles. The van der Waals surface area contributed by atoms with Crippen molar-refractivity contribution < 1.29 is 0 Å². The summed E-state index contributed by atoms with van der Waals surface area (Å²) in [6.45, 7) is 2.17. The summed E-state index contributed by atoms with van der Waals surface area (Å²) in [4.78, 5) is 6.74. The van der Waals surface area contributed by atoms with E-state index in [9.17, 15) is 0 Å². The minimum absolute atomic E-state index is 0.162. The SMILES string of the molecule is CCCC(N)c1ccc(-c2cccc3cnccc23)s1. The van der Waals surface area contributed by atoms with Gasteiger partial charge in [-0.3, -0.25) is 4.98 Å². The predicted molar refractivity (Wildman–Crippen MR) is 86.9 cm³/mol. The molecule has 0 fully saturated rings. The third-order valence-electron chi connectivity index (χ3n) is 3.54. The topological polar surface area (TPSA) is 38.9 Å². The Balaban J connectivity index is 2.03. The summed E-state index contributed by atoms with van der Waals surface area (Å²) in [5.41, 5.74) is 7.48. The number of hydrogen-bond donors (Lipinski definition) is 1. The van der Waals surface area contributed by atoms with Crippen LogP contribution in [0.1, 0.15) is 30.7 Å². The molecule has 0 aliphatic carbocycles. The molecule has 3 aromatic rings. The summed E-state index contributed by atoms with van der Waals surface area (Å²) in [5, 5.41) is 2.43. The highest BCUT2D eigenvalue weighted by Crippen LogP contribution is 2.35. The number of nitrogens with two attached hydrogens (primary N) is 1. The number of aromatic nitrogens is 1. The first-order chi connectivity index (χ1) is 9.79. The third-order valence-corrected chi connectivity index (χ3v) is 4.79. The van der Waals surface area contributed by atoms with E-state index in [2.05, 4.69) is 48.3 Å². The Kier molecular flexibility index (Phi) is 3.81. The van der Waals surface area contributed by atoms with Crippen LogP contribution in [0.5, 0.6) is 0 Å². The molecule has 2 nitrogen and oxygen atoms in total. The van der Waals surface area contributed by atoms with Crippen LogP contribution in [0.4, 0.5) is 0 Å². The van der Waals surface area contributed by atoms with Gasteiger partial charge < -0.3 is 5.73 Å². The van der Waals surface area contributed by atoms with Gasteiger partial charge in [-0.15, -0.1) is 11.3 Å². The second-order valence-corrected chi connectivity index (χ2v) is 6.11. The van der Waals surface area contributed by atoms with E-state index in [1.165, 1.54) is 26.1 Å². The summed E-state index contributed by atoms with van der Waals surface area (Å²) < 4.78 is 0. The summed E-state index contributed by atoms with van der Waals surface area (Å²) in [7, 11) is 0. The molecule has 0 saturated heterocycles. The van der Waals surface area contributed by atoms with E-state index in [0.717, 1.165) is 12.8 Å². The zero-order chi connectivity index (χ0) is 13.9. The quantitative estimate of drug-likeness (QED) is 0.749. The molecule has 0 bridgehead atoms. The van der Waals surface area contributed by atoms with Gasteiger partial charge in [0.2, 0.25) is 0 Å². The zero-order valence-corrected chi connectivity index (χ0v) is 12.4. The lowest BCUT2D eigenvalue weighted by atomic mass is 10.1. The largest absolute Gasteiger partial charge is 0.323 e. The van der Waals surface area contributed by atoms with Crippen LogP contribution in [0.2, 0.25) is 0 Å². The Bertz CT molecular complexity index is 712. The van der Waals surface area contributed by atoms with Gasteiger partial charge in [-0.2, -0.15) is 0 Å². The van der Waals surface area contributed by atoms with E-state index < -0.39 is 0 Å². The fourth-order valence-electron chi connectivity index (χ4n) is 2.49. The van der Waals surface area contributed by atoms with Crippen molar-refractivity contribution in [1.82, 2.24) is 4.98 Å². The van der Waals surface area contributed by atoms with Crippen LogP contribution in [-0.4, -0.2) is 4.98 Å². The molecule has 0 spiro atoms. The molecule has 1 unspecified atom stereocenters. The van der Waals surface area contributed by atoms with E-state index in [0.29, 0.717) is 0 Å². The number of benzene rings is 1. The highest BCUT2D eigenvalue weighted by atomic mass is 32.1. The maximum absolute atomic E-state index is 6.21. The van der Waals surface area contributed by atoms with E-state index in [1.807, 2.05) is 12.4 Å². The molecule has 2 N–H and O–H groups in total. The number of nitrogens with zero attached hydrogens (tertiary/aromatic N) is 1. The van der Waals surface area contributed by atoms with Gasteiger partial charge in [0.15, 0.2) is 0 Å². The fraction of sp³-hybridized carbons (Fsp3) is 0.235. The molecule has 1 atom stereocenters. The van der Waals surface area contributed by atoms with Gasteiger partial charge in [-0.1, -0.05) is 31.5 Å². The second-order valence-electron chi connectivity index (χ2n) is 5.00. The van der Waals surface area contributed by atoms with E-state index >= 15 is 0 Å². The first-order valence-electron chi connectivity index (χ1n) is 6.98. The van der Waals surface area contributed by atoms with Crippen LogP contribution in [0.25, 0.3) is 21.2 Å². The summed E-state index contributed by atoms with van der Waals surface area (Å²) >= 11 is 1.80. The highest BCUT2D eigenvalue weighted by molar-refractivity contribution is 7.15. The minimum atomic E-state index is 0.162. The molecule has 20 heavy (non-hydrogen) atoms. The molecular formula is C17H18N2S. The zero-order valence-electron chi connectivity index (χ0n) is 11.5. The molecule has 3 rings (SSSR count). The molecule has 2 heterocycles. The number of pyridine rings is 1. The first-order valence-corrected chi connectivity index (χ1v) is 7.79. The van der Waals surface area contributed by atoms with Crippen molar-refractivity contribution in [2.24, 2.45) is 5.73 Å². The van der Waals surface area contributed by atoms with Crippen molar-refractivity contribution in [3.8, 4) is 10.4 Å². The summed E-state index contributed by atoms with van der Waals surface area (Å²) in [6.07, 6.45) is 5.92. The monoisotopic (exact) mass is 282 g/mol. The molecule has 1 aromatic carbocycles. The minimum Gasteiger partial charge on any atom is -0.323 e. The highest BCUT2D eigenvalue weighted by Gasteiger charge is 2.11. The summed E-state index contributed by atoms with van der Waals surface area (Å²) in [6, 6.07) is 13.0. The van der Waals surface area contributed by atoms with Crippen molar-refractivity contribution >= 4 is 22.1 Å². The molecular weight excluding hydrogens is 264 g/mol. The van der Waals surface area contributed by atoms with Crippen molar-refractivity contribution in [1.29, 1.82) is 0 Å². The lowest BCUT2D eigenvalue weighted by molar-refractivity contribution is 0.648. The lowest BCUT2D eigenvalue weighted by Crippen LogP contribution is -2.07. The second kappa shape index (κ2) is 5.73. The normalized spacial score (nSPS) is 12.7. The van der Waals surface area contributed by atoms with E-state index in [1.54, 1.807) is 11.3 Å². The lowest BCUT2D eigenvalue weighted by Gasteiger charge is -2.07. The van der Waals surface area contributed by atoms with Crippen molar-refractivity contribution in [2.75, 3.05) is 0 Å². The fourth-order valence-corrected chi connectivity index (χ4v) is 3.57. The average molecular weight is 282 g/mol. The van der Waals surface area contributed by atoms with Crippen LogP contribution in [-0.2, 0) is 0 Å². The maximum atomic E-state index is 6.21. The van der Waals surface area contributed by atoms with E-state index in [-0.39, 0.29) is 6.04 Å². The molecule has 0 aliphatic heterocycles. The van der Waals surface area contributed by atoms with Crippen LogP contribution in [0.3, 0.4) is 0 Å². The number of fused-ring (bicyclic) bond motifs is 1. The smallest absolute Gasteiger partial charge is 0.0389 e. The Morgan fingerprint density at radius 1 is 1.20 bits per heavy atom. The number of rotatable bonds is 4. The average Bonchev–Trinajstić information content (AvgIpc) is 2.97.